The van der Waals surface area contributed by atoms with Crippen LogP contribution in [0.3, 0.4) is 0 Å². The first-order chi connectivity index (χ1) is 8.43. The Hall–Kier alpha value is -1.42. The predicted octanol–water partition coefficient (Wildman–Crippen LogP) is 1.00. The number of aliphatic hydroxyl groups is 1. The molecule has 0 aromatic heterocycles. The van der Waals surface area contributed by atoms with E-state index in [1.807, 2.05) is 6.92 Å². The Morgan fingerprint density at radius 3 is 2.89 bits per heavy atom. The van der Waals surface area contributed by atoms with Gasteiger partial charge in [-0.15, -0.1) is 0 Å². The lowest BCUT2D eigenvalue weighted by molar-refractivity contribution is -0.140. The molecule has 2 fully saturated rings. The lowest BCUT2D eigenvalue weighted by atomic mass is 9.78. The Labute approximate surface area is 105 Å². The smallest absolute Gasteiger partial charge is 0.334 e. The van der Waals surface area contributed by atoms with Gasteiger partial charge in [0.25, 0.3) is 0 Å². The van der Waals surface area contributed by atoms with Crippen molar-refractivity contribution in [1.82, 2.24) is 0 Å². The van der Waals surface area contributed by atoms with Gasteiger partial charge < -0.3 is 9.84 Å². The zero-order chi connectivity index (χ0) is 13.1. The van der Waals surface area contributed by atoms with Crippen molar-refractivity contribution >= 4 is 11.8 Å². The van der Waals surface area contributed by atoms with Crippen molar-refractivity contribution in [1.29, 1.82) is 0 Å². The van der Waals surface area contributed by atoms with E-state index in [9.17, 15) is 14.7 Å². The van der Waals surface area contributed by atoms with Crippen molar-refractivity contribution in [2.24, 2.45) is 17.8 Å². The van der Waals surface area contributed by atoms with Gasteiger partial charge in [0.1, 0.15) is 6.10 Å². The summed E-state index contributed by atoms with van der Waals surface area (Å²) in [6.07, 6.45) is 3.84. The molecular formula is C14H16O4. The van der Waals surface area contributed by atoms with Crippen LogP contribution in [0.15, 0.2) is 24.3 Å². The van der Waals surface area contributed by atoms with E-state index in [0.717, 1.165) is 0 Å². The highest BCUT2D eigenvalue weighted by Crippen LogP contribution is 2.48. The number of rotatable bonds is 0. The molecule has 4 heteroatoms. The number of hydrogen-bond acceptors (Lipinski definition) is 4. The van der Waals surface area contributed by atoms with Crippen LogP contribution in [-0.2, 0) is 14.3 Å². The summed E-state index contributed by atoms with van der Waals surface area (Å²) in [7, 11) is 0. The van der Waals surface area contributed by atoms with E-state index in [4.69, 9.17) is 4.74 Å². The van der Waals surface area contributed by atoms with Gasteiger partial charge in [0, 0.05) is 11.5 Å². The monoisotopic (exact) mass is 248 g/mol. The minimum Gasteiger partial charge on any atom is -0.458 e. The van der Waals surface area contributed by atoms with E-state index in [1.165, 1.54) is 6.08 Å². The van der Waals surface area contributed by atoms with Crippen molar-refractivity contribution < 1.29 is 19.4 Å². The number of hydrogen-bond donors (Lipinski definition) is 1. The fraction of sp³-hybridized carbons (Fsp3) is 0.571. The van der Waals surface area contributed by atoms with Crippen LogP contribution in [0.5, 0.6) is 0 Å². The number of esters is 1. The lowest BCUT2D eigenvalue weighted by Crippen LogP contribution is -2.41. The zero-order valence-corrected chi connectivity index (χ0v) is 10.3. The largest absolute Gasteiger partial charge is 0.458 e. The van der Waals surface area contributed by atoms with Crippen molar-refractivity contribution in [2.75, 3.05) is 0 Å². The normalized spacial score (nSPS) is 46.7. The van der Waals surface area contributed by atoms with E-state index >= 15 is 0 Å². The zero-order valence-electron chi connectivity index (χ0n) is 10.3. The molecule has 1 N–H and O–H groups in total. The highest BCUT2D eigenvalue weighted by atomic mass is 16.6. The summed E-state index contributed by atoms with van der Waals surface area (Å²) in [4.78, 5) is 23.4. The number of allylic oxidation sites excluding steroid dienone is 1. The van der Waals surface area contributed by atoms with Crippen molar-refractivity contribution in [2.45, 2.75) is 31.5 Å². The average Bonchev–Trinajstić information content (AvgIpc) is 2.71. The first-order valence-electron chi connectivity index (χ1n) is 6.28. The highest BCUT2D eigenvalue weighted by Gasteiger charge is 2.54. The fourth-order valence-corrected chi connectivity index (χ4v) is 3.46. The van der Waals surface area contributed by atoms with Crippen LogP contribution in [0.4, 0.5) is 0 Å². The van der Waals surface area contributed by atoms with Crippen LogP contribution in [0.1, 0.15) is 19.8 Å². The van der Waals surface area contributed by atoms with Crippen LogP contribution in [0, 0.1) is 17.8 Å². The summed E-state index contributed by atoms with van der Waals surface area (Å²) in [5.74, 6) is -1.13. The molecule has 3 aliphatic rings. The molecular weight excluding hydrogens is 232 g/mol. The van der Waals surface area contributed by atoms with Gasteiger partial charge >= 0.3 is 5.97 Å². The minimum absolute atomic E-state index is 0.0582. The fourth-order valence-electron chi connectivity index (χ4n) is 3.46. The molecule has 1 heterocycles. The molecule has 3 rings (SSSR count). The summed E-state index contributed by atoms with van der Waals surface area (Å²) in [5, 5.41) is 10.7. The molecule has 5 atom stereocenters. The number of carbonyl (C=O) groups excluding carboxylic acids is 2. The van der Waals surface area contributed by atoms with Crippen LogP contribution >= 0.6 is 0 Å². The molecule has 1 saturated carbocycles. The molecule has 0 spiro atoms. The summed E-state index contributed by atoms with van der Waals surface area (Å²) in [6, 6.07) is 0. The molecule has 1 saturated heterocycles. The second-order valence-corrected chi connectivity index (χ2v) is 5.62. The maximum Gasteiger partial charge on any atom is 0.334 e. The van der Waals surface area contributed by atoms with Crippen LogP contribution < -0.4 is 0 Å². The highest BCUT2D eigenvalue weighted by molar-refractivity contribution is 5.96. The summed E-state index contributed by atoms with van der Waals surface area (Å²) >= 11 is 0. The van der Waals surface area contributed by atoms with E-state index in [1.54, 1.807) is 6.08 Å². The third kappa shape index (κ3) is 1.35. The molecule has 5 unspecified atom stereocenters. The second kappa shape index (κ2) is 3.54. The maximum absolute atomic E-state index is 11.9. The van der Waals surface area contributed by atoms with Crippen LogP contribution in [0.2, 0.25) is 0 Å². The Bertz CT molecular complexity index is 478. The van der Waals surface area contributed by atoms with Gasteiger partial charge in [-0.25, -0.2) is 4.79 Å². The third-order valence-corrected chi connectivity index (χ3v) is 4.70. The van der Waals surface area contributed by atoms with Crippen LogP contribution in [-0.4, -0.2) is 28.6 Å². The van der Waals surface area contributed by atoms with E-state index in [-0.39, 0.29) is 29.7 Å². The van der Waals surface area contributed by atoms with E-state index in [2.05, 4.69) is 6.58 Å². The lowest BCUT2D eigenvalue weighted by Gasteiger charge is -2.32. The Kier molecular flexibility index (Phi) is 2.29. The Morgan fingerprint density at radius 1 is 1.44 bits per heavy atom. The van der Waals surface area contributed by atoms with Crippen molar-refractivity contribution in [3.05, 3.63) is 24.3 Å². The SMILES string of the molecule is C=C1C(=O)OC2CC(C)C3(O)C=CC(=O)C3CC12. The van der Waals surface area contributed by atoms with Gasteiger partial charge in [0.2, 0.25) is 0 Å². The molecule has 0 aromatic carbocycles. The van der Waals surface area contributed by atoms with Gasteiger partial charge in [-0.05, 0) is 30.9 Å². The molecule has 0 bridgehead atoms. The quantitative estimate of drug-likeness (QED) is 0.513. The molecule has 2 aliphatic carbocycles. The third-order valence-electron chi connectivity index (χ3n) is 4.70. The molecule has 18 heavy (non-hydrogen) atoms. The average molecular weight is 248 g/mol. The van der Waals surface area contributed by atoms with Gasteiger partial charge in [-0.3, -0.25) is 4.79 Å². The summed E-state index contributed by atoms with van der Waals surface area (Å²) in [6.45, 7) is 5.66. The minimum atomic E-state index is -1.09. The van der Waals surface area contributed by atoms with Gasteiger partial charge in [-0.1, -0.05) is 13.5 Å². The van der Waals surface area contributed by atoms with E-state index in [0.29, 0.717) is 18.4 Å². The van der Waals surface area contributed by atoms with Crippen molar-refractivity contribution in [3.8, 4) is 0 Å². The standard InChI is InChI=1S/C14H16O4/c1-7-5-12-9(8(2)13(16)18-12)6-10-11(15)3-4-14(7,10)17/h3-4,7,9-10,12,17H,2,5-6H2,1H3. The first-order valence-corrected chi connectivity index (χ1v) is 6.28. The second-order valence-electron chi connectivity index (χ2n) is 5.62. The predicted molar refractivity (Wildman–Crippen MR) is 63.5 cm³/mol. The van der Waals surface area contributed by atoms with Gasteiger partial charge in [-0.2, -0.15) is 0 Å². The first kappa shape index (κ1) is 11.7. The molecule has 0 amide bonds. The summed E-state index contributed by atoms with van der Waals surface area (Å²) in [5.41, 5.74) is -0.648. The number of fused-ring (bicyclic) bond motifs is 2. The van der Waals surface area contributed by atoms with Crippen LogP contribution in [0.25, 0.3) is 0 Å². The van der Waals surface area contributed by atoms with Gasteiger partial charge in [0.15, 0.2) is 5.78 Å². The van der Waals surface area contributed by atoms with Gasteiger partial charge in [0.05, 0.1) is 11.5 Å². The molecule has 0 aromatic rings. The Morgan fingerprint density at radius 2 is 2.17 bits per heavy atom. The number of carbonyl (C=O) groups is 2. The number of ketones is 1. The topological polar surface area (TPSA) is 63.6 Å². The maximum atomic E-state index is 11.9. The molecule has 96 valence electrons. The molecule has 1 aliphatic heterocycles. The number of ether oxygens (including phenoxy) is 1. The van der Waals surface area contributed by atoms with E-state index < -0.39 is 11.5 Å². The van der Waals surface area contributed by atoms with Crippen molar-refractivity contribution in [3.63, 3.8) is 0 Å². The molecule has 4 nitrogen and oxygen atoms in total. The molecule has 0 radical (unpaired) electrons. The Balaban J connectivity index is 1.99. The summed E-state index contributed by atoms with van der Waals surface area (Å²) < 4.78 is 5.29.